The first-order chi connectivity index (χ1) is 13.0. The van der Waals surface area contributed by atoms with Crippen LogP contribution in [0.15, 0.2) is 72.2 Å². The van der Waals surface area contributed by atoms with Crippen molar-refractivity contribution in [2.75, 3.05) is 6.79 Å². The number of hydrogen-bond donors (Lipinski definition) is 2. The van der Waals surface area contributed by atoms with Gasteiger partial charge in [-0.25, -0.2) is 0 Å². The van der Waals surface area contributed by atoms with E-state index in [0.717, 1.165) is 28.0 Å². The molecule has 5 heteroatoms. The number of phenolic OH excluding ortho intramolecular Hbond substituents is 1. The van der Waals surface area contributed by atoms with Crippen LogP contribution in [0.4, 0.5) is 0 Å². The molecule has 5 nitrogen and oxygen atoms in total. The summed E-state index contributed by atoms with van der Waals surface area (Å²) in [7, 11) is 0. The van der Waals surface area contributed by atoms with E-state index < -0.39 is 5.60 Å². The highest BCUT2D eigenvalue weighted by Gasteiger charge is 2.48. The first-order valence-corrected chi connectivity index (χ1v) is 8.59. The van der Waals surface area contributed by atoms with Crippen LogP contribution >= 0.6 is 0 Å². The minimum Gasteiger partial charge on any atom is -0.508 e. The molecule has 1 unspecified atom stereocenters. The Bertz CT molecular complexity index is 1000. The SMILES string of the molecule is C=C/C(O)=C\C1=C(C)C2(OCOc3ccc(C)cc32)c2ccc(O)cc2O1. The number of rotatable bonds is 2. The molecule has 4 rings (SSSR count). The Labute approximate surface area is 157 Å². The van der Waals surface area contributed by atoms with Gasteiger partial charge in [-0.1, -0.05) is 18.2 Å². The average molecular weight is 364 g/mol. The number of fused-ring (bicyclic) bond motifs is 4. The highest BCUT2D eigenvalue weighted by atomic mass is 16.7. The molecule has 0 saturated heterocycles. The molecule has 0 amide bonds. The van der Waals surface area contributed by atoms with Crippen LogP contribution in [-0.2, 0) is 10.3 Å². The van der Waals surface area contributed by atoms with Crippen LogP contribution in [0.25, 0.3) is 0 Å². The quantitative estimate of drug-likeness (QED) is 0.602. The lowest BCUT2D eigenvalue weighted by Crippen LogP contribution is -2.41. The maximum Gasteiger partial charge on any atom is 0.190 e. The van der Waals surface area contributed by atoms with Gasteiger partial charge in [0.1, 0.15) is 28.8 Å². The van der Waals surface area contributed by atoms with E-state index in [-0.39, 0.29) is 18.3 Å². The van der Waals surface area contributed by atoms with Crippen LogP contribution in [0.1, 0.15) is 23.6 Å². The third-order valence-electron chi connectivity index (χ3n) is 4.95. The second-order valence-corrected chi connectivity index (χ2v) is 6.63. The molecule has 1 atom stereocenters. The molecule has 0 aromatic heterocycles. The minimum absolute atomic E-state index is 0.0281. The summed E-state index contributed by atoms with van der Waals surface area (Å²) in [6.45, 7) is 7.54. The summed E-state index contributed by atoms with van der Waals surface area (Å²) in [5.74, 6) is 1.66. The number of allylic oxidation sites excluding steroid dienone is 2. The van der Waals surface area contributed by atoms with Crippen molar-refractivity contribution >= 4 is 0 Å². The van der Waals surface area contributed by atoms with Crippen LogP contribution in [0.5, 0.6) is 17.2 Å². The Morgan fingerprint density at radius 3 is 2.70 bits per heavy atom. The molecule has 2 aliphatic rings. The Balaban J connectivity index is 2.07. The van der Waals surface area contributed by atoms with Crippen LogP contribution in [-0.4, -0.2) is 17.0 Å². The lowest BCUT2D eigenvalue weighted by Gasteiger charge is -2.43. The van der Waals surface area contributed by atoms with E-state index in [4.69, 9.17) is 14.2 Å². The van der Waals surface area contributed by atoms with Crippen molar-refractivity contribution in [2.45, 2.75) is 19.4 Å². The molecule has 27 heavy (non-hydrogen) atoms. The summed E-state index contributed by atoms with van der Waals surface area (Å²) in [5.41, 5.74) is 2.50. The summed E-state index contributed by atoms with van der Waals surface area (Å²) in [6, 6.07) is 10.9. The summed E-state index contributed by atoms with van der Waals surface area (Å²) in [4.78, 5) is 0. The molecule has 0 aliphatic carbocycles. The maximum absolute atomic E-state index is 9.97. The lowest BCUT2D eigenvalue weighted by atomic mass is 9.76. The van der Waals surface area contributed by atoms with Gasteiger partial charge >= 0.3 is 0 Å². The van der Waals surface area contributed by atoms with Gasteiger partial charge in [0.15, 0.2) is 12.4 Å². The monoisotopic (exact) mass is 364 g/mol. The van der Waals surface area contributed by atoms with Gasteiger partial charge in [-0.15, -0.1) is 0 Å². The maximum atomic E-state index is 9.97. The fourth-order valence-electron chi connectivity index (χ4n) is 3.62. The van der Waals surface area contributed by atoms with Gasteiger partial charge in [0.2, 0.25) is 0 Å². The third-order valence-corrected chi connectivity index (χ3v) is 4.95. The van der Waals surface area contributed by atoms with Crippen molar-refractivity contribution in [1.29, 1.82) is 0 Å². The highest BCUT2D eigenvalue weighted by Crippen LogP contribution is 2.53. The Hall–Kier alpha value is -3.18. The van der Waals surface area contributed by atoms with E-state index in [9.17, 15) is 10.2 Å². The van der Waals surface area contributed by atoms with Crippen molar-refractivity contribution < 1.29 is 24.4 Å². The van der Waals surface area contributed by atoms with Gasteiger partial charge in [0, 0.05) is 28.8 Å². The van der Waals surface area contributed by atoms with Gasteiger partial charge < -0.3 is 24.4 Å². The zero-order valence-electron chi connectivity index (χ0n) is 15.2. The number of aliphatic hydroxyl groups is 1. The van der Waals surface area contributed by atoms with E-state index in [0.29, 0.717) is 11.5 Å². The Morgan fingerprint density at radius 2 is 1.93 bits per heavy atom. The molecule has 138 valence electrons. The van der Waals surface area contributed by atoms with Crippen LogP contribution < -0.4 is 9.47 Å². The normalized spacial score (nSPS) is 21.2. The predicted molar refractivity (Wildman–Crippen MR) is 101 cm³/mol. The molecule has 2 N–H and O–H groups in total. The molecule has 0 fully saturated rings. The molecular formula is C22H20O5. The van der Waals surface area contributed by atoms with Crippen molar-refractivity contribution in [3.8, 4) is 17.2 Å². The third kappa shape index (κ3) is 2.59. The second kappa shape index (κ2) is 6.21. The van der Waals surface area contributed by atoms with E-state index in [1.807, 2.05) is 32.0 Å². The highest BCUT2D eigenvalue weighted by molar-refractivity contribution is 5.61. The fourth-order valence-corrected chi connectivity index (χ4v) is 3.62. The Kier molecular flexibility index (Phi) is 3.97. The van der Waals surface area contributed by atoms with Crippen molar-refractivity contribution in [3.05, 3.63) is 88.9 Å². The average Bonchev–Trinajstić information content (AvgIpc) is 2.66. The predicted octanol–water partition coefficient (Wildman–Crippen LogP) is 4.61. The molecular weight excluding hydrogens is 344 g/mol. The zero-order chi connectivity index (χ0) is 19.2. The van der Waals surface area contributed by atoms with Crippen molar-refractivity contribution in [2.24, 2.45) is 0 Å². The van der Waals surface area contributed by atoms with Gasteiger partial charge in [0.05, 0.1) is 0 Å². The van der Waals surface area contributed by atoms with E-state index in [2.05, 4.69) is 6.58 Å². The summed E-state index contributed by atoms with van der Waals surface area (Å²) in [5, 5.41) is 19.9. The van der Waals surface area contributed by atoms with Gasteiger partial charge in [-0.05, 0) is 44.2 Å². The summed E-state index contributed by atoms with van der Waals surface area (Å²) >= 11 is 0. The van der Waals surface area contributed by atoms with E-state index in [1.54, 1.807) is 12.1 Å². The van der Waals surface area contributed by atoms with Crippen molar-refractivity contribution in [1.82, 2.24) is 0 Å². The fraction of sp³-hybridized carbons (Fsp3) is 0.182. The smallest absolute Gasteiger partial charge is 0.190 e. The second-order valence-electron chi connectivity index (χ2n) is 6.63. The molecule has 2 aliphatic heterocycles. The number of aliphatic hydroxyl groups excluding tert-OH is 1. The lowest BCUT2D eigenvalue weighted by molar-refractivity contribution is -0.0937. The number of aryl methyl sites for hydroxylation is 1. The Morgan fingerprint density at radius 1 is 1.11 bits per heavy atom. The van der Waals surface area contributed by atoms with Crippen molar-refractivity contribution in [3.63, 3.8) is 0 Å². The number of aromatic hydroxyl groups is 1. The standard InChI is InChI=1S/C22H20O5/c1-4-15(23)10-20-14(3)22(17-7-6-16(24)11-21(17)27-20)18-9-13(2)5-8-19(18)25-12-26-22/h4-11,23-24H,1,12H2,2-3H3/b15-10+. The largest absolute Gasteiger partial charge is 0.508 e. The minimum atomic E-state index is -0.950. The summed E-state index contributed by atoms with van der Waals surface area (Å²) < 4.78 is 17.9. The molecule has 1 spiro atoms. The van der Waals surface area contributed by atoms with Crippen LogP contribution in [0.2, 0.25) is 0 Å². The molecule has 0 saturated carbocycles. The van der Waals surface area contributed by atoms with Gasteiger partial charge in [0.25, 0.3) is 0 Å². The number of phenols is 1. The zero-order valence-corrected chi connectivity index (χ0v) is 15.2. The number of hydrogen-bond acceptors (Lipinski definition) is 5. The molecule has 0 bridgehead atoms. The number of benzene rings is 2. The van der Waals surface area contributed by atoms with Crippen LogP contribution in [0, 0.1) is 6.92 Å². The molecule has 2 aromatic carbocycles. The first kappa shape index (κ1) is 17.2. The van der Waals surface area contributed by atoms with E-state index in [1.165, 1.54) is 18.2 Å². The topological polar surface area (TPSA) is 68.2 Å². The summed E-state index contributed by atoms with van der Waals surface area (Å²) in [6.07, 6.45) is 2.82. The molecule has 0 radical (unpaired) electrons. The molecule has 2 aromatic rings. The first-order valence-electron chi connectivity index (χ1n) is 8.59. The molecule has 2 heterocycles. The van der Waals surface area contributed by atoms with Gasteiger partial charge in [-0.3, -0.25) is 0 Å². The van der Waals surface area contributed by atoms with E-state index >= 15 is 0 Å². The van der Waals surface area contributed by atoms with Gasteiger partial charge in [-0.2, -0.15) is 0 Å². The number of ether oxygens (including phenoxy) is 3. The van der Waals surface area contributed by atoms with Crippen LogP contribution in [0.3, 0.4) is 0 Å².